The van der Waals surface area contributed by atoms with Gasteiger partial charge in [0.25, 0.3) is 5.91 Å². The van der Waals surface area contributed by atoms with Crippen molar-refractivity contribution in [1.29, 1.82) is 0 Å². The topological polar surface area (TPSA) is 49.4 Å². The molecule has 2 unspecified atom stereocenters. The number of amides is 2. The molecule has 1 aliphatic rings. The summed E-state index contributed by atoms with van der Waals surface area (Å²) in [4.78, 5) is 28.0. The Morgan fingerprint density at radius 2 is 1.69 bits per heavy atom. The Kier molecular flexibility index (Phi) is 6.95. The van der Waals surface area contributed by atoms with Crippen LogP contribution in [0.1, 0.15) is 46.8 Å². The summed E-state index contributed by atoms with van der Waals surface area (Å²) < 4.78 is 13.6. The van der Waals surface area contributed by atoms with Gasteiger partial charge in [0, 0.05) is 18.2 Å². The van der Waals surface area contributed by atoms with E-state index in [0.29, 0.717) is 18.5 Å². The fraction of sp³-hybridized carbons (Fsp3) is 0.259. The monoisotopic (exact) mass is 430 g/mol. The van der Waals surface area contributed by atoms with Crippen LogP contribution >= 0.6 is 0 Å². The summed E-state index contributed by atoms with van der Waals surface area (Å²) in [5.41, 5.74) is 2.35. The number of carbonyl (C=O) groups excluding carboxylic acids is 2. The number of nitrogens with one attached hydrogen (secondary N) is 1. The molecule has 3 aromatic rings. The number of benzene rings is 3. The van der Waals surface area contributed by atoms with Crippen LogP contribution in [0.4, 0.5) is 4.39 Å². The van der Waals surface area contributed by atoms with Gasteiger partial charge in [0.1, 0.15) is 5.82 Å². The minimum Gasteiger partial charge on any atom is -0.345 e. The van der Waals surface area contributed by atoms with Gasteiger partial charge in [-0.1, -0.05) is 60.7 Å². The standard InChI is InChI=1S/C27H27FN2O2/c28-23-14-7-9-20(17-23)18-24-15-8-16-30(24)26(31)19-25(21-10-3-1-4-11-21)29-27(32)22-12-5-2-6-13-22/h1-7,9-14,17,24-25H,8,15-16,18-19H2,(H,29,32). The Balaban J connectivity index is 1.48. The lowest BCUT2D eigenvalue weighted by molar-refractivity contribution is -0.132. The molecule has 0 bridgehead atoms. The highest BCUT2D eigenvalue weighted by molar-refractivity contribution is 5.94. The van der Waals surface area contributed by atoms with Gasteiger partial charge in [-0.15, -0.1) is 0 Å². The predicted octanol–water partition coefficient (Wildman–Crippen LogP) is 4.92. The van der Waals surface area contributed by atoms with Gasteiger partial charge in [-0.3, -0.25) is 9.59 Å². The molecular formula is C27H27FN2O2. The van der Waals surface area contributed by atoms with Crippen LogP contribution in [0.5, 0.6) is 0 Å². The van der Waals surface area contributed by atoms with Crippen LogP contribution in [0, 0.1) is 5.82 Å². The highest BCUT2D eigenvalue weighted by atomic mass is 19.1. The minimum absolute atomic E-state index is 0.00566. The molecule has 2 atom stereocenters. The van der Waals surface area contributed by atoms with Crippen molar-refractivity contribution in [2.24, 2.45) is 0 Å². The van der Waals surface area contributed by atoms with Crippen molar-refractivity contribution in [3.63, 3.8) is 0 Å². The lowest BCUT2D eigenvalue weighted by Crippen LogP contribution is -2.40. The van der Waals surface area contributed by atoms with E-state index in [9.17, 15) is 14.0 Å². The molecule has 4 nitrogen and oxygen atoms in total. The summed E-state index contributed by atoms with van der Waals surface area (Å²) >= 11 is 0. The first-order valence-electron chi connectivity index (χ1n) is 11.0. The summed E-state index contributed by atoms with van der Waals surface area (Å²) in [6, 6.07) is 24.8. The Bertz CT molecular complexity index is 1060. The second-order valence-corrected chi connectivity index (χ2v) is 8.22. The molecule has 0 aliphatic carbocycles. The number of carbonyl (C=O) groups is 2. The molecule has 3 aromatic carbocycles. The van der Waals surface area contributed by atoms with Crippen molar-refractivity contribution >= 4 is 11.8 Å². The van der Waals surface area contributed by atoms with E-state index in [1.54, 1.807) is 18.2 Å². The average molecular weight is 431 g/mol. The number of hydrogen-bond donors (Lipinski definition) is 1. The van der Waals surface area contributed by atoms with Gasteiger partial charge in [0.2, 0.25) is 5.91 Å². The number of likely N-dealkylation sites (tertiary alicyclic amines) is 1. The highest BCUT2D eigenvalue weighted by Gasteiger charge is 2.31. The third kappa shape index (κ3) is 5.41. The van der Waals surface area contributed by atoms with Crippen LogP contribution in [0.15, 0.2) is 84.9 Å². The molecule has 0 aromatic heterocycles. The molecule has 1 heterocycles. The molecule has 1 saturated heterocycles. The van der Waals surface area contributed by atoms with E-state index >= 15 is 0 Å². The van der Waals surface area contributed by atoms with Gasteiger partial charge in [0.05, 0.1) is 12.5 Å². The molecule has 1 N–H and O–H groups in total. The molecule has 0 radical (unpaired) electrons. The van der Waals surface area contributed by atoms with E-state index in [0.717, 1.165) is 24.0 Å². The van der Waals surface area contributed by atoms with E-state index in [1.165, 1.54) is 12.1 Å². The highest BCUT2D eigenvalue weighted by Crippen LogP contribution is 2.26. The van der Waals surface area contributed by atoms with Crippen molar-refractivity contribution in [1.82, 2.24) is 10.2 Å². The molecule has 2 amide bonds. The average Bonchev–Trinajstić information content (AvgIpc) is 3.28. The van der Waals surface area contributed by atoms with Gasteiger partial charge in [0.15, 0.2) is 0 Å². The van der Waals surface area contributed by atoms with Crippen LogP contribution in [0.2, 0.25) is 0 Å². The van der Waals surface area contributed by atoms with Gasteiger partial charge in [-0.05, 0) is 54.7 Å². The molecule has 0 saturated carbocycles. The van der Waals surface area contributed by atoms with Crippen molar-refractivity contribution in [3.8, 4) is 0 Å². The largest absolute Gasteiger partial charge is 0.345 e. The summed E-state index contributed by atoms with van der Waals surface area (Å²) in [7, 11) is 0. The van der Waals surface area contributed by atoms with Crippen molar-refractivity contribution in [2.75, 3.05) is 6.54 Å². The first-order valence-corrected chi connectivity index (χ1v) is 11.0. The SMILES string of the molecule is O=C(NC(CC(=O)N1CCCC1Cc1cccc(F)c1)c1ccccc1)c1ccccc1. The molecule has 0 spiro atoms. The van der Waals surface area contributed by atoms with Crippen LogP contribution < -0.4 is 5.32 Å². The summed E-state index contributed by atoms with van der Waals surface area (Å²) in [5, 5.41) is 3.04. The third-order valence-electron chi connectivity index (χ3n) is 5.98. The maximum Gasteiger partial charge on any atom is 0.251 e. The van der Waals surface area contributed by atoms with Crippen molar-refractivity contribution < 1.29 is 14.0 Å². The summed E-state index contributed by atoms with van der Waals surface area (Å²) in [6.45, 7) is 0.687. The second kappa shape index (κ2) is 10.2. The van der Waals surface area contributed by atoms with Gasteiger partial charge in [-0.25, -0.2) is 4.39 Å². The van der Waals surface area contributed by atoms with Crippen molar-refractivity contribution in [2.45, 2.75) is 37.8 Å². The van der Waals surface area contributed by atoms with Gasteiger partial charge in [-0.2, -0.15) is 0 Å². The Hall–Kier alpha value is -3.47. The predicted molar refractivity (Wildman–Crippen MR) is 123 cm³/mol. The molecule has 1 aliphatic heterocycles. The van der Waals surface area contributed by atoms with E-state index in [2.05, 4.69) is 5.32 Å². The fourth-order valence-electron chi connectivity index (χ4n) is 4.37. The zero-order valence-corrected chi connectivity index (χ0v) is 17.9. The fourth-order valence-corrected chi connectivity index (χ4v) is 4.37. The summed E-state index contributed by atoms with van der Waals surface area (Å²) in [6.07, 6.45) is 2.64. The summed E-state index contributed by atoms with van der Waals surface area (Å²) in [5.74, 6) is -0.456. The zero-order chi connectivity index (χ0) is 22.3. The zero-order valence-electron chi connectivity index (χ0n) is 17.9. The smallest absolute Gasteiger partial charge is 0.251 e. The number of halogens is 1. The number of nitrogens with zero attached hydrogens (tertiary/aromatic N) is 1. The van der Waals surface area contributed by atoms with Gasteiger partial charge < -0.3 is 10.2 Å². The molecule has 32 heavy (non-hydrogen) atoms. The normalized spacial score (nSPS) is 16.5. The Labute approximate surface area is 188 Å². The van der Waals surface area contributed by atoms with E-state index < -0.39 is 6.04 Å². The van der Waals surface area contributed by atoms with Crippen molar-refractivity contribution in [3.05, 3.63) is 107 Å². The molecule has 4 rings (SSSR count). The van der Waals surface area contributed by atoms with E-state index in [4.69, 9.17) is 0 Å². The Morgan fingerprint density at radius 3 is 2.41 bits per heavy atom. The van der Waals surface area contributed by atoms with E-state index in [-0.39, 0.29) is 30.1 Å². The molecular weight excluding hydrogens is 403 g/mol. The van der Waals surface area contributed by atoms with Crippen LogP contribution in [0.3, 0.4) is 0 Å². The lowest BCUT2D eigenvalue weighted by atomic mass is 10.0. The molecule has 1 fully saturated rings. The maximum absolute atomic E-state index is 13.6. The maximum atomic E-state index is 13.6. The third-order valence-corrected chi connectivity index (χ3v) is 5.98. The van der Waals surface area contributed by atoms with Gasteiger partial charge >= 0.3 is 0 Å². The van der Waals surface area contributed by atoms with E-state index in [1.807, 2.05) is 59.5 Å². The van der Waals surface area contributed by atoms with Crippen LogP contribution in [-0.2, 0) is 11.2 Å². The van der Waals surface area contributed by atoms with Crippen LogP contribution in [-0.4, -0.2) is 29.3 Å². The number of hydrogen-bond acceptors (Lipinski definition) is 2. The Morgan fingerprint density at radius 1 is 0.969 bits per heavy atom. The first kappa shape index (κ1) is 21.8. The van der Waals surface area contributed by atoms with Crippen LogP contribution in [0.25, 0.3) is 0 Å². The quantitative estimate of drug-likeness (QED) is 0.578. The number of rotatable bonds is 7. The molecule has 164 valence electrons. The second-order valence-electron chi connectivity index (χ2n) is 8.22. The first-order chi connectivity index (χ1) is 15.6. The lowest BCUT2D eigenvalue weighted by Gasteiger charge is -2.28. The molecule has 5 heteroatoms. The minimum atomic E-state index is -0.424.